The van der Waals surface area contributed by atoms with Gasteiger partial charge >= 0.3 is 5.97 Å². The number of hydrogen-bond acceptors (Lipinski definition) is 5. The number of nitrogens with one attached hydrogen (secondary N) is 1. The van der Waals surface area contributed by atoms with Crippen LogP contribution in [0.5, 0.6) is 0 Å². The van der Waals surface area contributed by atoms with Crippen molar-refractivity contribution in [2.75, 3.05) is 5.32 Å². The number of hydrogen-bond donors (Lipinski definition) is 1. The first-order valence-electron chi connectivity index (χ1n) is 6.17. The standard InChI is InChI=1S/C14H13ClN2O4/c1-8-7-12(21-17-8)14(19)20-9(2)13(18)16-11-6-4-3-5-10(11)15/h3-7,9H,1-2H3,(H,16,18)/t9-/m0/s1. The Bertz CT molecular complexity index is 668. The van der Waals surface area contributed by atoms with Gasteiger partial charge in [-0.05, 0) is 26.0 Å². The molecule has 1 heterocycles. The normalized spacial score (nSPS) is 11.8. The van der Waals surface area contributed by atoms with Crippen molar-refractivity contribution in [1.29, 1.82) is 0 Å². The summed E-state index contributed by atoms with van der Waals surface area (Å²) < 4.78 is 9.76. The Kier molecular flexibility index (Phi) is 4.59. The number of aryl methyl sites for hydroxylation is 1. The number of anilines is 1. The van der Waals surface area contributed by atoms with E-state index in [1.807, 2.05) is 0 Å². The fourth-order valence-electron chi connectivity index (χ4n) is 1.53. The summed E-state index contributed by atoms with van der Waals surface area (Å²) >= 11 is 5.93. The summed E-state index contributed by atoms with van der Waals surface area (Å²) in [6.45, 7) is 3.13. The van der Waals surface area contributed by atoms with Gasteiger partial charge in [-0.15, -0.1) is 0 Å². The molecule has 0 unspecified atom stereocenters. The molecule has 6 nitrogen and oxygen atoms in total. The summed E-state index contributed by atoms with van der Waals surface area (Å²) in [5.41, 5.74) is 0.998. The lowest BCUT2D eigenvalue weighted by Crippen LogP contribution is -2.30. The fraction of sp³-hybridized carbons (Fsp3) is 0.214. The number of halogens is 1. The van der Waals surface area contributed by atoms with E-state index in [2.05, 4.69) is 10.5 Å². The molecule has 0 spiro atoms. The third-order valence-corrected chi connectivity index (χ3v) is 2.94. The van der Waals surface area contributed by atoms with Gasteiger partial charge in [0.1, 0.15) is 0 Å². The minimum atomic E-state index is -1.00. The minimum absolute atomic E-state index is 0.0510. The van der Waals surface area contributed by atoms with Crippen molar-refractivity contribution in [3.8, 4) is 0 Å². The SMILES string of the molecule is Cc1cc(C(=O)O[C@@H](C)C(=O)Nc2ccccc2Cl)on1. The molecule has 2 aromatic rings. The lowest BCUT2D eigenvalue weighted by Gasteiger charge is -2.13. The van der Waals surface area contributed by atoms with E-state index >= 15 is 0 Å². The van der Waals surface area contributed by atoms with Crippen LogP contribution < -0.4 is 5.32 Å². The molecule has 2 rings (SSSR count). The van der Waals surface area contributed by atoms with Gasteiger partial charge < -0.3 is 14.6 Å². The molecule has 1 aromatic heterocycles. The van der Waals surface area contributed by atoms with Crippen LogP contribution in [0.25, 0.3) is 0 Å². The first-order valence-corrected chi connectivity index (χ1v) is 6.55. The highest BCUT2D eigenvalue weighted by atomic mass is 35.5. The van der Waals surface area contributed by atoms with Crippen LogP contribution in [-0.2, 0) is 9.53 Å². The first-order chi connectivity index (χ1) is 9.97. The van der Waals surface area contributed by atoms with Crippen molar-refractivity contribution in [2.45, 2.75) is 20.0 Å². The predicted octanol–water partition coefficient (Wildman–Crippen LogP) is 2.82. The molecule has 7 heteroatoms. The van der Waals surface area contributed by atoms with Gasteiger partial charge in [0.15, 0.2) is 6.10 Å². The smallest absolute Gasteiger partial charge is 0.377 e. The Hall–Kier alpha value is -2.34. The van der Waals surface area contributed by atoms with Crippen molar-refractivity contribution in [2.24, 2.45) is 0 Å². The molecule has 0 fully saturated rings. The number of nitrogens with zero attached hydrogens (tertiary/aromatic N) is 1. The molecule has 1 amide bonds. The van der Waals surface area contributed by atoms with Crippen molar-refractivity contribution < 1.29 is 18.8 Å². The topological polar surface area (TPSA) is 81.4 Å². The fourth-order valence-corrected chi connectivity index (χ4v) is 1.71. The number of para-hydroxylation sites is 1. The molecule has 0 aliphatic rings. The minimum Gasteiger partial charge on any atom is -0.447 e. The van der Waals surface area contributed by atoms with E-state index in [9.17, 15) is 9.59 Å². The van der Waals surface area contributed by atoms with Gasteiger partial charge in [0.2, 0.25) is 5.76 Å². The third-order valence-electron chi connectivity index (χ3n) is 2.61. The van der Waals surface area contributed by atoms with Crippen LogP contribution in [0.2, 0.25) is 5.02 Å². The molecule has 0 aliphatic carbocycles. The second-order valence-electron chi connectivity index (χ2n) is 4.35. The number of carbonyl (C=O) groups excluding carboxylic acids is 2. The number of aromatic nitrogens is 1. The first kappa shape index (κ1) is 15.1. The zero-order valence-electron chi connectivity index (χ0n) is 11.4. The average Bonchev–Trinajstić information content (AvgIpc) is 2.88. The number of rotatable bonds is 4. The second kappa shape index (κ2) is 6.41. The molecule has 1 aromatic carbocycles. The number of esters is 1. The van der Waals surface area contributed by atoms with Gasteiger partial charge in [-0.2, -0.15) is 0 Å². The number of ether oxygens (including phenoxy) is 1. The Morgan fingerprint density at radius 2 is 2.10 bits per heavy atom. The Labute approximate surface area is 126 Å². The maximum atomic E-state index is 11.9. The molecule has 21 heavy (non-hydrogen) atoms. The van der Waals surface area contributed by atoms with Crippen LogP contribution in [-0.4, -0.2) is 23.1 Å². The summed E-state index contributed by atoms with van der Waals surface area (Å²) in [5, 5.41) is 6.55. The van der Waals surface area contributed by atoms with Gasteiger partial charge in [0.25, 0.3) is 5.91 Å². The highest BCUT2D eigenvalue weighted by Gasteiger charge is 2.22. The van der Waals surface area contributed by atoms with E-state index in [1.165, 1.54) is 13.0 Å². The quantitative estimate of drug-likeness (QED) is 0.878. The summed E-state index contributed by atoms with van der Waals surface area (Å²) in [7, 11) is 0. The van der Waals surface area contributed by atoms with Crippen LogP contribution in [0.15, 0.2) is 34.9 Å². The summed E-state index contributed by atoms with van der Waals surface area (Å²) in [6, 6.07) is 8.20. The van der Waals surface area contributed by atoms with E-state index in [1.54, 1.807) is 31.2 Å². The number of benzene rings is 1. The Balaban J connectivity index is 1.97. The van der Waals surface area contributed by atoms with Gasteiger partial charge in [-0.25, -0.2) is 4.79 Å². The third kappa shape index (κ3) is 3.82. The highest BCUT2D eigenvalue weighted by Crippen LogP contribution is 2.20. The van der Waals surface area contributed by atoms with Crippen LogP contribution >= 0.6 is 11.6 Å². The zero-order valence-corrected chi connectivity index (χ0v) is 12.2. The molecule has 0 bridgehead atoms. The van der Waals surface area contributed by atoms with E-state index in [0.717, 1.165) is 0 Å². The van der Waals surface area contributed by atoms with Crippen molar-refractivity contribution >= 4 is 29.2 Å². The largest absolute Gasteiger partial charge is 0.447 e. The second-order valence-corrected chi connectivity index (χ2v) is 4.76. The van der Waals surface area contributed by atoms with Crippen LogP contribution in [0.1, 0.15) is 23.2 Å². The maximum Gasteiger partial charge on any atom is 0.377 e. The Morgan fingerprint density at radius 1 is 1.38 bits per heavy atom. The molecule has 1 N–H and O–H groups in total. The van der Waals surface area contributed by atoms with Crippen molar-refractivity contribution in [3.63, 3.8) is 0 Å². The Morgan fingerprint density at radius 3 is 2.71 bits per heavy atom. The molecule has 0 radical (unpaired) electrons. The number of amides is 1. The molecular formula is C14H13ClN2O4. The molecule has 0 saturated heterocycles. The lowest BCUT2D eigenvalue weighted by molar-refractivity contribution is -0.123. The van der Waals surface area contributed by atoms with Gasteiger partial charge in [-0.3, -0.25) is 4.79 Å². The van der Waals surface area contributed by atoms with Gasteiger partial charge in [-0.1, -0.05) is 28.9 Å². The van der Waals surface area contributed by atoms with Crippen LogP contribution in [0, 0.1) is 6.92 Å². The molecule has 0 aliphatic heterocycles. The summed E-state index contributed by atoms with van der Waals surface area (Å²) in [6.07, 6.45) is -1.00. The van der Waals surface area contributed by atoms with Gasteiger partial charge in [0.05, 0.1) is 16.4 Å². The van der Waals surface area contributed by atoms with Gasteiger partial charge in [0, 0.05) is 6.07 Å². The summed E-state index contributed by atoms with van der Waals surface area (Å²) in [4.78, 5) is 23.7. The van der Waals surface area contributed by atoms with E-state index in [4.69, 9.17) is 20.9 Å². The maximum absolute atomic E-state index is 11.9. The molecular weight excluding hydrogens is 296 g/mol. The van der Waals surface area contributed by atoms with Crippen molar-refractivity contribution in [3.05, 3.63) is 46.8 Å². The van der Waals surface area contributed by atoms with Crippen LogP contribution in [0.4, 0.5) is 5.69 Å². The molecule has 0 saturated carbocycles. The summed E-state index contributed by atoms with van der Waals surface area (Å²) in [5.74, 6) is -1.30. The molecule has 110 valence electrons. The average molecular weight is 309 g/mol. The number of carbonyl (C=O) groups is 2. The monoisotopic (exact) mass is 308 g/mol. The zero-order chi connectivity index (χ0) is 15.4. The van der Waals surface area contributed by atoms with E-state index in [-0.39, 0.29) is 5.76 Å². The lowest BCUT2D eigenvalue weighted by atomic mass is 10.3. The van der Waals surface area contributed by atoms with E-state index in [0.29, 0.717) is 16.4 Å². The molecule has 1 atom stereocenters. The van der Waals surface area contributed by atoms with Crippen LogP contribution in [0.3, 0.4) is 0 Å². The highest BCUT2D eigenvalue weighted by molar-refractivity contribution is 6.33. The predicted molar refractivity (Wildman–Crippen MR) is 76.2 cm³/mol. The van der Waals surface area contributed by atoms with Crippen molar-refractivity contribution in [1.82, 2.24) is 5.16 Å². The van der Waals surface area contributed by atoms with E-state index < -0.39 is 18.0 Å².